The van der Waals surface area contributed by atoms with E-state index in [0.29, 0.717) is 28.8 Å². The van der Waals surface area contributed by atoms with E-state index < -0.39 is 5.91 Å². The summed E-state index contributed by atoms with van der Waals surface area (Å²) in [6, 6.07) is 11.1. The van der Waals surface area contributed by atoms with Crippen LogP contribution in [-0.2, 0) is 0 Å². The summed E-state index contributed by atoms with van der Waals surface area (Å²) in [5.74, 6) is 1.45. The van der Waals surface area contributed by atoms with Gasteiger partial charge in [-0.15, -0.1) is 0 Å². The van der Waals surface area contributed by atoms with E-state index in [-0.39, 0.29) is 5.69 Å². The number of ether oxygens (including phenoxy) is 3. The molecule has 1 aromatic heterocycles. The number of nitrogens with one attached hydrogen (secondary N) is 2. The predicted molar refractivity (Wildman–Crippen MR) is 111 cm³/mol. The maximum atomic E-state index is 12.5. The van der Waals surface area contributed by atoms with E-state index in [1.807, 2.05) is 31.2 Å². The Bertz CT molecular complexity index is 981. The lowest BCUT2D eigenvalue weighted by molar-refractivity contribution is 0.102. The second-order valence-corrected chi connectivity index (χ2v) is 6.09. The van der Waals surface area contributed by atoms with E-state index in [1.165, 1.54) is 33.7 Å². The third-order valence-electron chi connectivity index (χ3n) is 4.21. The van der Waals surface area contributed by atoms with Crippen LogP contribution in [0.15, 0.2) is 48.8 Å². The van der Waals surface area contributed by atoms with Crippen molar-refractivity contribution in [1.82, 2.24) is 9.97 Å². The standard InChI is InChI=1S/C21H22N4O4/c1-13-7-5-6-8-15(13)25-19-12-22-16(11-23-19)21(26)24-14-9-17(27-2)20(29-4)18(10-14)28-3/h5-12H,1-4H3,(H,23,25)(H,24,26). The number of methoxy groups -OCH3 is 3. The summed E-state index contributed by atoms with van der Waals surface area (Å²) in [5.41, 5.74) is 2.66. The first-order valence-electron chi connectivity index (χ1n) is 8.81. The number of benzene rings is 2. The number of nitrogens with zero attached hydrogens (tertiary/aromatic N) is 2. The first-order chi connectivity index (χ1) is 14.0. The summed E-state index contributed by atoms with van der Waals surface area (Å²) in [6.07, 6.45) is 2.92. The van der Waals surface area contributed by atoms with Gasteiger partial charge in [0.05, 0.1) is 33.7 Å². The number of aromatic nitrogens is 2. The zero-order valence-electron chi connectivity index (χ0n) is 16.6. The average molecular weight is 394 g/mol. The molecule has 1 heterocycles. The van der Waals surface area contributed by atoms with E-state index >= 15 is 0 Å². The molecule has 150 valence electrons. The fourth-order valence-electron chi connectivity index (χ4n) is 2.71. The van der Waals surface area contributed by atoms with Crippen molar-refractivity contribution in [2.24, 2.45) is 0 Å². The zero-order valence-corrected chi connectivity index (χ0v) is 16.6. The number of para-hydroxylation sites is 1. The van der Waals surface area contributed by atoms with Crippen molar-refractivity contribution in [3.8, 4) is 17.2 Å². The highest BCUT2D eigenvalue weighted by Gasteiger charge is 2.16. The van der Waals surface area contributed by atoms with Gasteiger partial charge in [-0.3, -0.25) is 4.79 Å². The summed E-state index contributed by atoms with van der Waals surface area (Å²) < 4.78 is 15.9. The summed E-state index contributed by atoms with van der Waals surface area (Å²) in [7, 11) is 4.53. The molecule has 2 aromatic carbocycles. The Labute approximate surface area is 168 Å². The molecule has 0 spiro atoms. The first-order valence-corrected chi connectivity index (χ1v) is 8.81. The molecular formula is C21H22N4O4. The van der Waals surface area contributed by atoms with Crippen LogP contribution in [0.3, 0.4) is 0 Å². The molecule has 0 aliphatic heterocycles. The van der Waals surface area contributed by atoms with Gasteiger partial charge >= 0.3 is 0 Å². The minimum atomic E-state index is -0.408. The molecule has 0 saturated carbocycles. The van der Waals surface area contributed by atoms with Crippen LogP contribution < -0.4 is 24.8 Å². The minimum absolute atomic E-state index is 0.175. The predicted octanol–water partition coefficient (Wildman–Crippen LogP) is 3.81. The lowest BCUT2D eigenvalue weighted by Crippen LogP contribution is -2.14. The molecule has 0 aliphatic carbocycles. The minimum Gasteiger partial charge on any atom is -0.493 e. The van der Waals surface area contributed by atoms with Gasteiger partial charge in [0, 0.05) is 23.5 Å². The van der Waals surface area contributed by atoms with Crippen LogP contribution in [0.1, 0.15) is 16.1 Å². The van der Waals surface area contributed by atoms with Gasteiger partial charge in [0.2, 0.25) is 5.75 Å². The van der Waals surface area contributed by atoms with Gasteiger partial charge in [-0.1, -0.05) is 18.2 Å². The van der Waals surface area contributed by atoms with E-state index in [0.717, 1.165) is 11.3 Å². The molecule has 0 saturated heterocycles. The van der Waals surface area contributed by atoms with Crippen LogP contribution in [0.25, 0.3) is 0 Å². The maximum absolute atomic E-state index is 12.5. The van der Waals surface area contributed by atoms with Crippen molar-refractivity contribution >= 4 is 23.1 Å². The summed E-state index contributed by atoms with van der Waals surface area (Å²) in [6.45, 7) is 2.00. The second-order valence-electron chi connectivity index (χ2n) is 6.09. The molecule has 1 amide bonds. The van der Waals surface area contributed by atoms with E-state index in [4.69, 9.17) is 14.2 Å². The van der Waals surface area contributed by atoms with Gasteiger partial charge in [-0.2, -0.15) is 0 Å². The Morgan fingerprint density at radius 3 is 2.17 bits per heavy atom. The highest BCUT2D eigenvalue weighted by atomic mass is 16.5. The summed E-state index contributed by atoms with van der Waals surface area (Å²) >= 11 is 0. The number of amides is 1. The van der Waals surface area contributed by atoms with Crippen LogP contribution in [0, 0.1) is 6.92 Å². The molecular weight excluding hydrogens is 372 g/mol. The largest absolute Gasteiger partial charge is 0.493 e. The quantitative estimate of drug-likeness (QED) is 0.629. The fourth-order valence-corrected chi connectivity index (χ4v) is 2.71. The Kier molecular flexibility index (Phi) is 6.13. The van der Waals surface area contributed by atoms with Crippen molar-refractivity contribution in [1.29, 1.82) is 0 Å². The number of hydrogen-bond donors (Lipinski definition) is 2. The van der Waals surface area contributed by atoms with Gasteiger partial charge < -0.3 is 24.8 Å². The molecule has 0 aliphatic rings. The summed E-state index contributed by atoms with van der Waals surface area (Å²) in [5, 5.41) is 5.94. The topological polar surface area (TPSA) is 94.6 Å². The normalized spacial score (nSPS) is 10.2. The van der Waals surface area contributed by atoms with E-state index in [2.05, 4.69) is 20.6 Å². The van der Waals surface area contributed by atoms with E-state index in [9.17, 15) is 4.79 Å². The Morgan fingerprint density at radius 1 is 0.931 bits per heavy atom. The Morgan fingerprint density at radius 2 is 1.62 bits per heavy atom. The monoisotopic (exact) mass is 394 g/mol. The van der Waals surface area contributed by atoms with Crippen molar-refractivity contribution in [3.63, 3.8) is 0 Å². The van der Waals surface area contributed by atoms with Crippen molar-refractivity contribution in [2.75, 3.05) is 32.0 Å². The lowest BCUT2D eigenvalue weighted by Gasteiger charge is -2.14. The molecule has 0 fully saturated rings. The molecule has 0 bridgehead atoms. The van der Waals surface area contributed by atoms with Gasteiger partial charge in [0.25, 0.3) is 5.91 Å². The fraction of sp³-hybridized carbons (Fsp3) is 0.190. The average Bonchev–Trinajstić information content (AvgIpc) is 2.75. The van der Waals surface area contributed by atoms with Crippen molar-refractivity contribution < 1.29 is 19.0 Å². The van der Waals surface area contributed by atoms with Crippen LogP contribution >= 0.6 is 0 Å². The number of rotatable bonds is 7. The molecule has 0 unspecified atom stereocenters. The SMILES string of the molecule is COc1cc(NC(=O)c2cnc(Nc3ccccc3C)cn2)cc(OC)c1OC. The number of carbonyl (C=O) groups is 1. The Hall–Kier alpha value is -3.81. The second kappa shape index (κ2) is 8.92. The molecule has 0 atom stereocenters. The van der Waals surface area contributed by atoms with Crippen molar-refractivity contribution in [3.05, 3.63) is 60.0 Å². The highest BCUT2D eigenvalue weighted by Crippen LogP contribution is 2.40. The van der Waals surface area contributed by atoms with Gasteiger partial charge in [0.15, 0.2) is 11.5 Å². The third kappa shape index (κ3) is 4.55. The molecule has 29 heavy (non-hydrogen) atoms. The summed E-state index contributed by atoms with van der Waals surface area (Å²) in [4.78, 5) is 21.0. The molecule has 3 rings (SSSR count). The number of aryl methyl sites for hydroxylation is 1. The Balaban J connectivity index is 1.75. The molecule has 0 radical (unpaired) electrons. The van der Waals surface area contributed by atoms with Gasteiger partial charge in [-0.05, 0) is 18.6 Å². The van der Waals surface area contributed by atoms with Crippen LogP contribution in [0.4, 0.5) is 17.2 Å². The number of hydrogen-bond acceptors (Lipinski definition) is 7. The number of anilines is 3. The van der Waals surface area contributed by atoms with Crippen LogP contribution in [0.2, 0.25) is 0 Å². The molecule has 8 nitrogen and oxygen atoms in total. The van der Waals surface area contributed by atoms with E-state index in [1.54, 1.807) is 12.1 Å². The first kappa shape index (κ1) is 19.9. The molecule has 3 aromatic rings. The smallest absolute Gasteiger partial charge is 0.275 e. The van der Waals surface area contributed by atoms with Crippen LogP contribution in [-0.4, -0.2) is 37.2 Å². The molecule has 8 heteroatoms. The number of carbonyl (C=O) groups excluding carboxylic acids is 1. The maximum Gasteiger partial charge on any atom is 0.275 e. The van der Waals surface area contributed by atoms with Crippen LogP contribution in [0.5, 0.6) is 17.2 Å². The van der Waals surface area contributed by atoms with Gasteiger partial charge in [-0.25, -0.2) is 9.97 Å². The molecule has 2 N–H and O–H groups in total. The lowest BCUT2D eigenvalue weighted by atomic mass is 10.2. The zero-order chi connectivity index (χ0) is 20.8. The third-order valence-corrected chi connectivity index (χ3v) is 4.21. The van der Waals surface area contributed by atoms with Crippen molar-refractivity contribution in [2.45, 2.75) is 6.92 Å². The van der Waals surface area contributed by atoms with Gasteiger partial charge in [0.1, 0.15) is 11.5 Å². The highest BCUT2D eigenvalue weighted by molar-refractivity contribution is 6.03.